The Bertz CT molecular complexity index is 559. The van der Waals surface area contributed by atoms with Crippen LogP contribution in [0.15, 0.2) is 12.7 Å². The summed E-state index contributed by atoms with van der Waals surface area (Å²) in [6.07, 6.45) is 18.9. The molecule has 0 saturated carbocycles. The summed E-state index contributed by atoms with van der Waals surface area (Å²) in [6.45, 7) is 5.58. The van der Waals surface area contributed by atoms with Gasteiger partial charge in [-0.15, -0.1) is 6.58 Å². The summed E-state index contributed by atoms with van der Waals surface area (Å²) in [7, 11) is 0. The van der Waals surface area contributed by atoms with E-state index in [-0.39, 0.29) is 19.3 Å². The molecule has 34 heavy (non-hydrogen) atoms. The molecule has 0 aliphatic carbocycles. The molecule has 0 aromatic rings. The third kappa shape index (κ3) is 22.8. The molecule has 198 valence electrons. The summed E-state index contributed by atoms with van der Waals surface area (Å²) in [4.78, 5) is 41.9. The number of hydrogen-bond acceptors (Lipinski definition) is 4. The van der Waals surface area contributed by atoms with Crippen LogP contribution in [0.1, 0.15) is 116 Å². The SMILES string of the molecule is C=CCC(CC(=O)O)C(=O)O.CCCCCCCCCCCCCCCCC(C(=O)O)C(=O)O. The minimum atomic E-state index is -1.23. The maximum atomic E-state index is 10.7. The van der Waals surface area contributed by atoms with Crippen molar-refractivity contribution in [2.24, 2.45) is 11.8 Å². The Hall–Kier alpha value is -2.38. The van der Waals surface area contributed by atoms with Gasteiger partial charge in [0.15, 0.2) is 5.92 Å². The van der Waals surface area contributed by atoms with E-state index in [2.05, 4.69) is 13.5 Å². The Morgan fingerprint density at radius 2 is 1.03 bits per heavy atom. The van der Waals surface area contributed by atoms with Crippen molar-refractivity contribution >= 4 is 23.9 Å². The van der Waals surface area contributed by atoms with Crippen LogP contribution in [0.5, 0.6) is 0 Å². The summed E-state index contributed by atoms with van der Waals surface area (Å²) in [6, 6.07) is 0. The van der Waals surface area contributed by atoms with Gasteiger partial charge in [0, 0.05) is 0 Å². The van der Waals surface area contributed by atoms with E-state index in [4.69, 9.17) is 20.4 Å². The number of unbranched alkanes of at least 4 members (excludes halogenated alkanes) is 13. The summed E-state index contributed by atoms with van der Waals surface area (Å²) in [5.74, 6) is -6.69. The van der Waals surface area contributed by atoms with Crippen LogP contribution in [0, 0.1) is 11.8 Å². The Morgan fingerprint density at radius 1 is 0.647 bits per heavy atom. The highest BCUT2D eigenvalue weighted by molar-refractivity contribution is 5.92. The number of carbonyl (C=O) groups is 4. The molecule has 0 bridgehead atoms. The van der Waals surface area contributed by atoms with Crippen molar-refractivity contribution < 1.29 is 39.6 Å². The van der Waals surface area contributed by atoms with Gasteiger partial charge in [-0.05, 0) is 12.8 Å². The second kappa shape index (κ2) is 23.8. The summed E-state index contributed by atoms with van der Waals surface area (Å²) in [5.41, 5.74) is 0. The lowest BCUT2D eigenvalue weighted by Crippen LogP contribution is -2.23. The lowest BCUT2D eigenvalue weighted by molar-refractivity contribution is -0.155. The van der Waals surface area contributed by atoms with Crippen molar-refractivity contribution in [3.63, 3.8) is 0 Å². The fraction of sp³-hybridized carbons (Fsp3) is 0.769. The first kappa shape index (κ1) is 33.8. The third-order valence-electron chi connectivity index (χ3n) is 5.66. The minimum absolute atomic E-state index is 0.196. The van der Waals surface area contributed by atoms with E-state index >= 15 is 0 Å². The zero-order valence-electron chi connectivity index (χ0n) is 20.9. The molecule has 0 aromatic carbocycles. The maximum Gasteiger partial charge on any atom is 0.317 e. The fourth-order valence-electron chi connectivity index (χ4n) is 3.58. The fourth-order valence-corrected chi connectivity index (χ4v) is 3.58. The second-order valence-electron chi connectivity index (χ2n) is 8.77. The highest BCUT2D eigenvalue weighted by atomic mass is 16.4. The van der Waals surface area contributed by atoms with E-state index in [0.29, 0.717) is 6.42 Å². The van der Waals surface area contributed by atoms with Crippen LogP contribution in [-0.2, 0) is 19.2 Å². The Labute approximate surface area is 204 Å². The zero-order valence-corrected chi connectivity index (χ0v) is 20.9. The first-order valence-electron chi connectivity index (χ1n) is 12.7. The predicted molar refractivity (Wildman–Crippen MR) is 132 cm³/mol. The number of carboxylic acid groups (broad SMARTS) is 4. The lowest BCUT2D eigenvalue weighted by atomic mass is 10.00. The predicted octanol–water partition coefficient (Wildman–Crippen LogP) is 6.38. The van der Waals surface area contributed by atoms with Crippen molar-refractivity contribution in [3.8, 4) is 0 Å². The molecule has 0 aliphatic rings. The monoisotopic (exact) mass is 486 g/mol. The van der Waals surface area contributed by atoms with Crippen molar-refractivity contribution in [1.82, 2.24) is 0 Å². The van der Waals surface area contributed by atoms with E-state index in [1.54, 1.807) is 0 Å². The summed E-state index contributed by atoms with van der Waals surface area (Å²) in [5, 5.41) is 34.2. The second-order valence-corrected chi connectivity index (χ2v) is 8.77. The Balaban J connectivity index is 0. The van der Waals surface area contributed by atoms with Gasteiger partial charge >= 0.3 is 23.9 Å². The molecule has 8 nitrogen and oxygen atoms in total. The number of hydrogen-bond donors (Lipinski definition) is 4. The average Bonchev–Trinajstić information content (AvgIpc) is 2.75. The van der Waals surface area contributed by atoms with Gasteiger partial charge in [0.1, 0.15) is 0 Å². The van der Waals surface area contributed by atoms with Crippen LogP contribution in [0.4, 0.5) is 0 Å². The molecule has 0 heterocycles. The van der Waals surface area contributed by atoms with Crippen LogP contribution in [0.25, 0.3) is 0 Å². The van der Waals surface area contributed by atoms with E-state index in [9.17, 15) is 19.2 Å². The molecule has 0 fully saturated rings. The highest BCUT2D eigenvalue weighted by Crippen LogP contribution is 2.15. The first-order chi connectivity index (χ1) is 16.2. The molecule has 0 spiro atoms. The molecule has 0 saturated heterocycles. The van der Waals surface area contributed by atoms with Crippen LogP contribution in [0.2, 0.25) is 0 Å². The van der Waals surface area contributed by atoms with E-state index in [1.165, 1.54) is 76.7 Å². The van der Waals surface area contributed by atoms with E-state index < -0.39 is 35.7 Å². The van der Waals surface area contributed by atoms with Gasteiger partial charge in [0.2, 0.25) is 0 Å². The van der Waals surface area contributed by atoms with Gasteiger partial charge in [-0.25, -0.2) is 0 Å². The topological polar surface area (TPSA) is 149 Å². The van der Waals surface area contributed by atoms with Gasteiger partial charge in [-0.3, -0.25) is 19.2 Å². The molecular formula is C26H46O8. The molecular weight excluding hydrogens is 440 g/mol. The van der Waals surface area contributed by atoms with Crippen LogP contribution >= 0.6 is 0 Å². The average molecular weight is 487 g/mol. The van der Waals surface area contributed by atoms with Crippen LogP contribution < -0.4 is 0 Å². The Morgan fingerprint density at radius 3 is 1.32 bits per heavy atom. The van der Waals surface area contributed by atoms with Crippen LogP contribution in [-0.4, -0.2) is 44.3 Å². The van der Waals surface area contributed by atoms with Gasteiger partial charge in [-0.2, -0.15) is 0 Å². The number of rotatable bonds is 22. The molecule has 0 amide bonds. The maximum absolute atomic E-state index is 10.7. The molecule has 0 aliphatic heterocycles. The van der Waals surface area contributed by atoms with Crippen LogP contribution in [0.3, 0.4) is 0 Å². The smallest absolute Gasteiger partial charge is 0.317 e. The number of aliphatic carboxylic acids is 4. The molecule has 1 unspecified atom stereocenters. The van der Waals surface area contributed by atoms with Crippen molar-refractivity contribution in [2.75, 3.05) is 0 Å². The Kier molecular flexibility index (Phi) is 23.6. The number of carboxylic acids is 4. The van der Waals surface area contributed by atoms with Gasteiger partial charge in [0.05, 0.1) is 12.3 Å². The molecule has 0 rings (SSSR count). The molecule has 0 aromatic heterocycles. The first-order valence-corrected chi connectivity index (χ1v) is 12.7. The standard InChI is InChI=1S/C19H36O4.C7H10O4/c1-2-3-4-5-6-7-8-9-10-11-12-13-14-15-16-17(18(20)21)19(22)23;1-2-3-5(7(10)11)4-6(8)9/h17H,2-16H2,1H3,(H,20,21)(H,22,23);2,5H,1,3-4H2,(H,8,9)(H,10,11). The molecule has 8 heteroatoms. The molecule has 0 radical (unpaired) electrons. The van der Waals surface area contributed by atoms with E-state index in [1.807, 2.05) is 0 Å². The van der Waals surface area contributed by atoms with Gasteiger partial charge in [-0.1, -0.05) is 103 Å². The zero-order chi connectivity index (χ0) is 26.2. The molecule has 4 N–H and O–H groups in total. The normalized spacial score (nSPS) is 11.4. The third-order valence-corrected chi connectivity index (χ3v) is 5.66. The number of allylic oxidation sites excluding steroid dienone is 1. The lowest BCUT2D eigenvalue weighted by Gasteiger charge is -2.07. The van der Waals surface area contributed by atoms with E-state index in [0.717, 1.165) is 12.8 Å². The summed E-state index contributed by atoms with van der Waals surface area (Å²) < 4.78 is 0. The van der Waals surface area contributed by atoms with Crippen molar-refractivity contribution in [2.45, 2.75) is 116 Å². The van der Waals surface area contributed by atoms with Crippen molar-refractivity contribution in [3.05, 3.63) is 12.7 Å². The largest absolute Gasteiger partial charge is 0.481 e. The highest BCUT2D eigenvalue weighted by Gasteiger charge is 2.24. The molecule has 1 atom stereocenters. The van der Waals surface area contributed by atoms with Crippen molar-refractivity contribution in [1.29, 1.82) is 0 Å². The van der Waals surface area contributed by atoms with Gasteiger partial charge in [0.25, 0.3) is 0 Å². The van der Waals surface area contributed by atoms with Gasteiger partial charge < -0.3 is 20.4 Å². The quantitative estimate of drug-likeness (QED) is 0.0782. The minimum Gasteiger partial charge on any atom is -0.481 e. The summed E-state index contributed by atoms with van der Waals surface area (Å²) >= 11 is 0.